The van der Waals surface area contributed by atoms with Crippen molar-refractivity contribution >= 4 is 17.5 Å². The van der Waals surface area contributed by atoms with Crippen LogP contribution in [0, 0.1) is 5.92 Å². The second-order valence-corrected chi connectivity index (χ2v) is 6.42. The smallest absolute Gasteiger partial charge is 0.256 e. The highest BCUT2D eigenvalue weighted by molar-refractivity contribution is 6.30. The molecule has 1 aliphatic rings. The average Bonchev–Trinajstić information content (AvgIpc) is 3.03. The molecule has 1 fully saturated rings. The molecule has 2 N–H and O–H groups in total. The molecule has 0 bridgehead atoms. The first-order chi connectivity index (χ1) is 11.1. The molecule has 2 atom stereocenters. The van der Waals surface area contributed by atoms with E-state index in [0.717, 1.165) is 31.2 Å². The largest absolute Gasteiger partial charge is 0.393 e. The number of benzene rings is 1. The highest BCUT2D eigenvalue weighted by Crippen LogP contribution is 2.25. The van der Waals surface area contributed by atoms with E-state index in [1.54, 1.807) is 24.3 Å². The van der Waals surface area contributed by atoms with E-state index in [1.807, 2.05) is 0 Å². The van der Waals surface area contributed by atoms with Gasteiger partial charge in [-0.15, -0.1) is 0 Å². The zero-order chi connectivity index (χ0) is 16.2. The quantitative estimate of drug-likeness (QED) is 0.899. The lowest BCUT2D eigenvalue weighted by molar-refractivity contribution is 0.0873. The Labute approximate surface area is 139 Å². The van der Waals surface area contributed by atoms with Crippen LogP contribution in [0.5, 0.6) is 0 Å². The van der Waals surface area contributed by atoms with E-state index >= 15 is 0 Å². The van der Waals surface area contributed by atoms with Crippen LogP contribution in [0.4, 0.5) is 0 Å². The van der Waals surface area contributed by atoms with Crippen LogP contribution >= 0.6 is 11.6 Å². The fourth-order valence-electron chi connectivity index (χ4n) is 2.99. The molecule has 1 aromatic heterocycles. The Hall–Kier alpha value is -1.85. The van der Waals surface area contributed by atoms with Crippen molar-refractivity contribution in [3.05, 3.63) is 41.1 Å². The normalized spacial score (nSPS) is 21.1. The highest BCUT2D eigenvalue weighted by Gasteiger charge is 2.22. The van der Waals surface area contributed by atoms with E-state index in [-0.39, 0.29) is 12.0 Å². The van der Waals surface area contributed by atoms with Crippen LogP contribution in [0.2, 0.25) is 5.02 Å². The zero-order valence-electron chi connectivity index (χ0n) is 12.7. The first-order valence-corrected chi connectivity index (χ1v) is 8.18. The summed E-state index contributed by atoms with van der Waals surface area (Å²) < 4.78 is 4.98. The number of aliphatic hydroxyl groups is 1. The van der Waals surface area contributed by atoms with Crippen molar-refractivity contribution in [1.29, 1.82) is 0 Å². The third-order valence-corrected chi connectivity index (χ3v) is 4.49. The van der Waals surface area contributed by atoms with E-state index in [9.17, 15) is 9.90 Å². The maximum absolute atomic E-state index is 12.4. The van der Waals surface area contributed by atoms with Gasteiger partial charge in [-0.25, -0.2) is 0 Å². The minimum Gasteiger partial charge on any atom is -0.393 e. The SMILES string of the molecule is O=C(NCC1CCCC(O)C1)c1conc1-c1ccc(Cl)cc1. The minimum absolute atomic E-state index is 0.212. The van der Waals surface area contributed by atoms with Crippen molar-refractivity contribution in [3.8, 4) is 11.3 Å². The van der Waals surface area contributed by atoms with Gasteiger partial charge in [0.2, 0.25) is 0 Å². The molecule has 1 amide bonds. The fraction of sp³-hybridized carbons (Fsp3) is 0.412. The highest BCUT2D eigenvalue weighted by atomic mass is 35.5. The third kappa shape index (κ3) is 3.92. The third-order valence-electron chi connectivity index (χ3n) is 4.24. The molecule has 1 saturated carbocycles. The molecule has 0 radical (unpaired) electrons. The lowest BCUT2D eigenvalue weighted by atomic mass is 9.87. The molecule has 2 aromatic rings. The van der Waals surface area contributed by atoms with Crippen LogP contribution in [0.15, 0.2) is 35.1 Å². The zero-order valence-corrected chi connectivity index (χ0v) is 13.4. The molecule has 1 aliphatic carbocycles. The number of aliphatic hydroxyl groups excluding tert-OH is 1. The maximum atomic E-state index is 12.4. The molecule has 3 rings (SSSR count). The van der Waals surface area contributed by atoms with Crippen molar-refractivity contribution in [2.24, 2.45) is 5.92 Å². The number of hydrogen-bond donors (Lipinski definition) is 2. The maximum Gasteiger partial charge on any atom is 0.256 e. The molecule has 122 valence electrons. The molecule has 1 heterocycles. The van der Waals surface area contributed by atoms with Gasteiger partial charge in [-0.3, -0.25) is 4.79 Å². The summed E-state index contributed by atoms with van der Waals surface area (Å²) in [6, 6.07) is 7.09. The summed E-state index contributed by atoms with van der Waals surface area (Å²) in [6.07, 6.45) is 4.75. The first kappa shape index (κ1) is 16.0. The molecule has 6 heteroatoms. The van der Waals surface area contributed by atoms with E-state index < -0.39 is 0 Å². The molecule has 0 saturated heterocycles. The molecule has 0 spiro atoms. The Morgan fingerprint density at radius 2 is 2.13 bits per heavy atom. The summed E-state index contributed by atoms with van der Waals surface area (Å²) in [5.74, 6) is 0.109. The number of carbonyl (C=O) groups is 1. The van der Waals surface area contributed by atoms with Crippen molar-refractivity contribution in [2.45, 2.75) is 31.8 Å². The standard InChI is InChI=1S/C17H19ClN2O3/c18-13-6-4-12(5-7-13)16-15(10-23-20-16)17(22)19-9-11-2-1-3-14(21)8-11/h4-7,10-11,14,21H,1-3,8-9H2,(H,19,22). The van der Waals surface area contributed by atoms with Gasteiger partial charge in [0.05, 0.1) is 6.10 Å². The van der Waals surface area contributed by atoms with Crippen molar-refractivity contribution < 1.29 is 14.4 Å². The van der Waals surface area contributed by atoms with Gasteiger partial charge < -0.3 is 14.9 Å². The van der Waals surface area contributed by atoms with Crippen LogP contribution in [-0.2, 0) is 0 Å². The number of aromatic nitrogens is 1. The molecule has 23 heavy (non-hydrogen) atoms. The second-order valence-electron chi connectivity index (χ2n) is 5.98. The van der Waals surface area contributed by atoms with E-state index in [0.29, 0.717) is 28.7 Å². The number of hydrogen-bond acceptors (Lipinski definition) is 4. The minimum atomic E-state index is -0.245. The van der Waals surface area contributed by atoms with Gasteiger partial charge in [-0.2, -0.15) is 0 Å². The number of halogens is 1. The number of amides is 1. The number of rotatable bonds is 4. The summed E-state index contributed by atoms with van der Waals surface area (Å²) >= 11 is 5.88. The Morgan fingerprint density at radius 3 is 2.87 bits per heavy atom. The second kappa shape index (κ2) is 7.15. The van der Waals surface area contributed by atoms with Crippen LogP contribution in [-0.4, -0.2) is 28.8 Å². The summed E-state index contributed by atoms with van der Waals surface area (Å²) in [4.78, 5) is 12.4. The van der Waals surface area contributed by atoms with Crippen molar-refractivity contribution in [3.63, 3.8) is 0 Å². The Kier molecular flexibility index (Phi) is 4.98. The van der Waals surface area contributed by atoms with Crippen molar-refractivity contribution in [1.82, 2.24) is 10.5 Å². The Bertz CT molecular complexity index is 669. The van der Waals surface area contributed by atoms with Gasteiger partial charge in [0.1, 0.15) is 17.5 Å². The van der Waals surface area contributed by atoms with E-state index in [1.165, 1.54) is 6.26 Å². The summed E-state index contributed by atoms with van der Waals surface area (Å²) in [6.45, 7) is 0.557. The number of nitrogens with zero attached hydrogens (tertiary/aromatic N) is 1. The Balaban J connectivity index is 1.66. The molecular formula is C17H19ClN2O3. The molecule has 5 nitrogen and oxygen atoms in total. The predicted octanol–water partition coefficient (Wildman–Crippen LogP) is 3.28. The van der Waals surface area contributed by atoms with Gasteiger partial charge in [0.25, 0.3) is 5.91 Å². The summed E-state index contributed by atoms with van der Waals surface area (Å²) in [5.41, 5.74) is 1.69. The topological polar surface area (TPSA) is 75.4 Å². The van der Waals surface area contributed by atoms with E-state index in [4.69, 9.17) is 16.1 Å². The average molecular weight is 335 g/mol. The predicted molar refractivity (Wildman–Crippen MR) is 87.2 cm³/mol. The lowest BCUT2D eigenvalue weighted by Gasteiger charge is -2.25. The van der Waals surface area contributed by atoms with Crippen LogP contribution in [0.3, 0.4) is 0 Å². The van der Waals surface area contributed by atoms with Crippen LogP contribution in [0.1, 0.15) is 36.0 Å². The molecular weight excluding hydrogens is 316 g/mol. The van der Waals surface area contributed by atoms with Gasteiger partial charge >= 0.3 is 0 Å². The molecule has 2 unspecified atom stereocenters. The van der Waals surface area contributed by atoms with Crippen LogP contribution < -0.4 is 5.32 Å². The Morgan fingerprint density at radius 1 is 1.35 bits per heavy atom. The van der Waals surface area contributed by atoms with Gasteiger partial charge in [0.15, 0.2) is 0 Å². The van der Waals surface area contributed by atoms with Gasteiger partial charge in [-0.1, -0.05) is 35.3 Å². The molecule has 0 aliphatic heterocycles. The van der Waals surface area contributed by atoms with Gasteiger partial charge in [-0.05, 0) is 37.3 Å². The van der Waals surface area contributed by atoms with Crippen molar-refractivity contribution in [2.75, 3.05) is 6.54 Å². The van der Waals surface area contributed by atoms with E-state index in [2.05, 4.69) is 10.5 Å². The first-order valence-electron chi connectivity index (χ1n) is 7.80. The fourth-order valence-corrected chi connectivity index (χ4v) is 3.12. The summed E-state index contributed by atoms with van der Waals surface area (Å²) in [5, 5.41) is 17.2. The molecule has 1 aromatic carbocycles. The summed E-state index contributed by atoms with van der Waals surface area (Å²) in [7, 11) is 0. The number of nitrogens with one attached hydrogen (secondary N) is 1. The van der Waals surface area contributed by atoms with Crippen LogP contribution in [0.25, 0.3) is 11.3 Å². The monoisotopic (exact) mass is 334 g/mol. The van der Waals surface area contributed by atoms with Gasteiger partial charge in [0, 0.05) is 17.1 Å². The number of carbonyl (C=O) groups excluding carboxylic acids is 1. The lowest BCUT2D eigenvalue weighted by Crippen LogP contribution is -2.33.